The number of benzene rings is 2. The van der Waals surface area contributed by atoms with Crippen LogP contribution in [0.1, 0.15) is 47.2 Å². The minimum atomic E-state index is -0.0227. The quantitative estimate of drug-likeness (QED) is 0.661. The second-order valence-electron chi connectivity index (χ2n) is 9.95. The Balaban J connectivity index is 1.16. The van der Waals surface area contributed by atoms with E-state index in [-0.39, 0.29) is 17.2 Å². The highest BCUT2D eigenvalue weighted by molar-refractivity contribution is 6.31. The van der Waals surface area contributed by atoms with Crippen LogP contribution in [0.5, 0.6) is 5.75 Å². The van der Waals surface area contributed by atoms with E-state index in [2.05, 4.69) is 29.2 Å². The second kappa shape index (κ2) is 9.02. The van der Waals surface area contributed by atoms with E-state index in [9.17, 15) is 9.59 Å². The van der Waals surface area contributed by atoms with E-state index in [0.29, 0.717) is 28.7 Å². The third kappa shape index (κ3) is 4.48. The zero-order chi connectivity index (χ0) is 23.0. The predicted octanol–water partition coefficient (Wildman–Crippen LogP) is 4.61. The molecule has 0 bridgehead atoms. The van der Waals surface area contributed by atoms with Crippen LogP contribution in [0.2, 0.25) is 5.02 Å². The maximum absolute atomic E-state index is 13.2. The van der Waals surface area contributed by atoms with Gasteiger partial charge in [-0.1, -0.05) is 35.9 Å². The maximum atomic E-state index is 13.2. The van der Waals surface area contributed by atoms with E-state index in [4.69, 9.17) is 16.3 Å². The van der Waals surface area contributed by atoms with Gasteiger partial charge >= 0.3 is 0 Å². The summed E-state index contributed by atoms with van der Waals surface area (Å²) in [5, 5.41) is 0.533. The van der Waals surface area contributed by atoms with E-state index in [1.165, 1.54) is 11.1 Å². The fourth-order valence-corrected chi connectivity index (χ4v) is 6.11. The van der Waals surface area contributed by atoms with Crippen LogP contribution >= 0.6 is 11.6 Å². The van der Waals surface area contributed by atoms with Gasteiger partial charge in [0.15, 0.2) is 0 Å². The van der Waals surface area contributed by atoms with Gasteiger partial charge in [-0.25, -0.2) is 0 Å². The summed E-state index contributed by atoms with van der Waals surface area (Å²) in [5.74, 6) is 1.25. The fraction of sp³-hybridized carbons (Fsp3) is 0.481. The number of amides is 2. The second-order valence-corrected chi connectivity index (χ2v) is 10.4. The zero-order valence-electron chi connectivity index (χ0n) is 19.2. The van der Waals surface area contributed by atoms with Crippen LogP contribution in [0.4, 0.5) is 0 Å². The highest BCUT2D eigenvalue weighted by Crippen LogP contribution is 2.42. The van der Waals surface area contributed by atoms with Gasteiger partial charge in [0.05, 0.1) is 12.7 Å². The molecule has 2 aromatic rings. The van der Waals surface area contributed by atoms with Crippen LogP contribution in [0.15, 0.2) is 42.5 Å². The van der Waals surface area contributed by atoms with E-state index in [1.54, 1.807) is 25.3 Å². The molecule has 6 heteroatoms. The number of hydrogen-bond acceptors (Lipinski definition) is 3. The third-order valence-corrected chi connectivity index (χ3v) is 8.13. The lowest BCUT2D eigenvalue weighted by molar-refractivity contribution is -0.134. The van der Waals surface area contributed by atoms with Crippen molar-refractivity contribution in [2.45, 2.75) is 38.5 Å². The smallest absolute Gasteiger partial charge is 0.257 e. The molecule has 33 heavy (non-hydrogen) atoms. The van der Waals surface area contributed by atoms with E-state index < -0.39 is 0 Å². The molecule has 2 aliphatic heterocycles. The number of carbonyl (C=O) groups excluding carboxylic acids is 2. The molecule has 0 saturated carbocycles. The molecular weight excluding hydrogens is 436 g/mol. The van der Waals surface area contributed by atoms with Crippen molar-refractivity contribution >= 4 is 23.4 Å². The van der Waals surface area contributed by atoms with Crippen LogP contribution in [-0.4, -0.2) is 54.9 Å². The molecule has 3 aliphatic rings. The summed E-state index contributed by atoms with van der Waals surface area (Å²) in [6.45, 7) is 3.06. The molecule has 0 unspecified atom stereocenters. The SMILES string of the molecule is COc1ccc(Cl)cc1C(=O)N1CCC2(CCN(C(=O)CC3Cc4ccccc4C3)CC2)C1. The Bertz CT molecular complexity index is 1040. The molecule has 2 saturated heterocycles. The molecule has 174 valence electrons. The summed E-state index contributed by atoms with van der Waals surface area (Å²) in [7, 11) is 1.57. The Kier molecular flexibility index (Phi) is 6.09. The van der Waals surface area contributed by atoms with Crippen LogP contribution in [-0.2, 0) is 17.6 Å². The Hall–Kier alpha value is -2.53. The average molecular weight is 467 g/mol. The predicted molar refractivity (Wildman–Crippen MR) is 129 cm³/mol. The molecule has 1 aliphatic carbocycles. The number of halogens is 1. The Morgan fingerprint density at radius 3 is 2.27 bits per heavy atom. The number of methoxy groups -OCH3 is 1. The molecular formula is C27H31ClN2O3. The van der Waals surface area contributed by atoms with Gasteiger partial charge in [-0.3, -0.25) is 9.59 Å². The first kappa shape index (κ1) is 22.3. The van der Waals surface area contributed by atoms with Crippen molar-refractivity contribution in [1.82, 2.24) is 9.80 Å². The molecule has 0 atom stereocenters. The van der Waals surface area contributed by atoms with E-state index in [0.717, 1.165) is 58.3 Å². The number of fused-ring (bicyclic) bond motifs is 1. The van der Waals surface area contributed by atoms with E-state index in [1.807, 2.05) is 4.90 Å². The van der Waals surface area contributed by atoms with Gasteiger partial charge in [-0.05, 0) is 72.8 Å². The van der Waals surface area contributed by atoms with Gasteiger partial charge in [-0.15, -0.1) is 0 Å². The monoisotopic (exact) mass is 466 g/mol. The molecule has 0 radical (unpaired) electrons. The summed E-state index contributed by atoms with van der Waals surface area (Å²) in [6.07, 6.45) is 5.58. The van der Waals surface area contributed by atoms with Crippen molar-refractivity contribution in [1.29, 1.82) is 0 Å². The molecule has 2 heterocycles. The van der Waals surface area contributed by atoms with Crippen LogP contribution in [0.25, 0.3) is 0 Å². The summed E-state index contributed by atoms with van der Waals surface area (Å²) >= 11 is 6.14. The zero-order valence-corrected chi connectivity index (χ0v) is 19.9. The number of likely N-dealkylation sites (tertiary alicyclic amines) is 2. The van der Waals surface area contributed by atoms with Gasteiger partial charge in [0.1, 0.15) is 5.75 Å². The van der Waals surface area contributed by atoms with Gasteiger partial charge in [0.25, 0.3) is 5.91 Å². The average Bonchev–Trinajstić information content (AvgIpc) is 3.43. The minimum absolute atomic E-state index is 0.0227. The van der Waals surface area contributed by atoms with Crippen molar-refractivity contribution in [2.75, 3.05) is 33.3 Å². The van der Waals surface area contributed by atoms with Gasteiger partial charge in [-0.2, -0.15) is 0 Å². The molecule has 5 rings (SSSR count). The first-order valence-electron chi connectivity index (χ1n) is 11.9. The summed E-state index contributed by atoms with van der Waals surface area (Å²) in [6, 6.07) is 13.7. The van der Waals surface area contributed by atoms with E-state index >= 15 is 0 Å². The minimum Gasteiger partial charge on any atom is -0.496 e. The van der Waals surface area contributed by atoms with Gasteiger partial charge < -0.3 is 14.5 Å². The first-order chi connectivity index (χ1) is 16.0. The standard InChI is InChI=1S/C27H31ClN2O3/c1-33-24-7-6-22(28)17-23(24)26(32)30-13-10-27(18-30)8-11-29(12-9-27)25(31)16-19-14-20-4-2-3-5-21(20)15-19/h2-7,17,19H,8-16,18H2,1H3. The maximum Gasteiger partial charge on any atom is 0.257 e. The third-order valence-electron chi connectivity index (χ3n) is 7.89. The molecule has 2 amide bonds. The molecule has 0 N–H and O–H groups in total. The van der Waals surface area contributed by atoms with Gasteiger partial charge in [0, 0.05) is 37.6 Å². The molecule has 2 aromatic carbocycles. The highest BCUT2D eigenvalue weighted by Gasteiger charge is 2.43. The van der Waals surface area contributed by atoms with Gasteiger partial charge in [0.2, 0.25) is 5.91 Å². The van der Waals surface area contributed by atoms with Crippen LogP contribution < -0.4 is 4.74 Å². The van der Waals surface area contributed by atoms with Crippen LogP contribution in [0, 0.1) is 11.3 Å². The van der Waals surface area contributed by atoms with Crippen molar-refractivity contribution < 1.29 is 14.3 Å². The Morgan fingerprint density at radius 1 is 1.00 bits per heavy atom. The van der Waals surface area contributed by atoms with Crippen molar-refractivity contribution in [3.63, 3.8) is 0 Å². The summed E-state index contributed by atoms with van der Waals surface area (Å²) in [4.78, 5) is 30.2. The van der Waals surface area contributed by atoms with Crippen LogP contribution in [0.3, 0.4) is 0 Å². The number of hydrogen-bond donors (Lipinski definition) is 0. The number of nitrogens with zero attached hydrogens (tertiary/aromatic N) is 2. The largest absolute Gasteiger partial charge is 0.496 e. The lowest BCUT2D eigenvalue weighted by atomic mass is 9.77. The van der Waals surface area contributed by atoms with Crippen molar-refractivity contribution in [3.05, 3.63) is 64.2 Å². The summed E-state index contributed by atoms with van der Waals surface area (Å²) < 4.78 is 5.38. The normalized spacial score (nSPS) is 19.7. The summed E-state index contributed by atoms with van der Waals surface area (Å²) in [5.41, 5.74) is 3.44. The number of rotatable bonds is 4. The molecule has 5 nitrogen and oxygen atoms in total. The van der Waals surface area contributed by atoms with Crippen molar-refractivity contribution in [3.8, 4) is 5.75 Å². The number of piperidine rings is 1. The Labute approximate surface area is 200 Å². The lowest BCUT2D eigenvalue weighted by Gasteiger charge is -2.39. The highest BCUT2D eigenvalue weighted by atomic mass is 35.5. The lowest BCUT2D eigenvalue weighted by Crippen LogP contribution is -2.45. The molecule has 0 aromatic heterocycles. The van der Waals surface area contributed by atoms with Crippen molar-refractivity contribution in [2.24, 2.45) is 11.3 Å². The Morgan fingerprint density at radius 2 is 1.64 bits per heavy atom. The first-order valence-corrected chi connectivity index (χ1v) is 12.3. The topological polar surface area (TPSA) is 49.9 Å². The molecule has 1 spiro atoms. The number of carbonyl (C=O) groups is 2. The number of ether oxygens (including phenoxy) is 1. The fourth-order valence-electron chi connectivity index (χ4n) is 5.94. The molecule has 2 fully saturated rings.